The Morgan fingerprint density at radius 1 is 1.14 bits per heavy atom. The minimum Gasteiger partial charge on any atom is -0.465 e. The Morgan fingerprint density at radius 3 is 2.56 bits per heavy atom. The number of methoxy groups -OCH3 is 1. The normalized spacial score (nSPS) is 10.9. The summed E-state index contributed by atoms with van der Waals surface area (Å²) in [6, 6.07) is 10.9. The first-order chi connectivity index (χ1) is 17.3. The van der Waals surface area contributed by atoms with Crippen LogP contribution in [0, 0.1) is 5.82 Å². The fourth-order valence-electron chi connectivity index (χ4n) is 3.44. The second-order valence-corrected chi connectivity index (χ2v) is 10.0. The van der Waals surface area contributed by atoms with E-state index < -0.39 is 5.97 Å². The fourth-order valence-corrected chi connectivity index (χ4v) is 5.71. The Bertz CT molecular complexity index is 1420. The summed E-state index contributed by atoms with van der Waals surface area (Å²) in [7, 11) is 1.26. The summed E-state index contributed by atoms with van der Waals surface area (Å²) in [5.74, 6) is -0.738. The van der Waals surface area contributed by atoms with Crippen molar-refractivity contribution in [2.45, 2.75) is 18.6 Å². The molecule has 1 N–H and O–H groups in total. The summed E-state index contributed by atoms with van der Waals surface area (Å²) in [4.78, 5) is 25.3. The van der Waals surface area contributed by atoms with Gasteiger partial charge in [0.2, 0.25) is 5.91 Å². The number of aromatic nitrogens is 3. The lowest BCUT2D eigenvalue weighted by Crippen LogP contribution is -2.16. The number of benzene rings is 2. The van der Waals surface area contributed by atoms with Crippen LogP contribution in [0.25, 0.3) is 22.5 Å². The Morgan fingerprint density at radius 2 is 1.89 bits per heavy atom. The summed E-state index contributed by atoms with van der Waals surface area (Å²) in [6.45, 7) is 2.50. The molecule has 0 fully saturated rings. The number of ether oxygens (including phenoxy) is 1. The topological polar surface area (TPSA) is 86.1 Å². The quantitative estimate of drug-likeness (QED) is 0.190. The first-order valence-electron chi connectivity index (χ1n) is 10.6. The molecule has 0 bridgehead atoms. The van der Waals surface area contributed by atoms with Gasteiger partial charge in [0.15, 0.2) is 11.0 Å². The molecule has 0 spiro atoms. The van der Waals surface area contributed by atoms with Gasteiger partial charge in [0.1, 0.15) is 16.4 Å². The number of thiophene rings is 1. The van der Waals surface area contributed by atoms with E-state index in [9.17, 15) is 14.0 Å². The Balaban J connectivity index is 1.51. The summed E-state index contributed by atoms with van der Waals surface area (Å²) in [5.41, 5.74) is 2.07. The number of hydrogen-bond acceptors (Lipinski definition) is 7. The van der Waals surface area contributed by atoms with E-state index in [1.807, 2.05) is 11.5 Å². The van der Waals surface area contributed by atoms with Crippen molar-refractivity contribution in [3.05, 3.63) is 69.3 Å². The third-order valence-corrected chi connectivity index (χ3v) is 7.54. The number of carbonyl (C=O) groups excluding carboxylic acids is 2. The van der Waals surface area contributed by atoms with E-state index in [4.69, 9.17) is 27.9 Å². The second kappa shape index (κ2) is 11.4. The summed E-state index contributed by atoms with van der Waals surface area (Å²) >= 11 is 14.7. The van der Waals surface area contributed by atoms with Gasteiger partial charge in [-0.25, -0.2) is 9.18 Å². The van der Waals surface area contributed by atoms with Crippen LogP contribution < -0.4 is 5.32 Å². The molecule has 2 aromatic carbocycles. The number of nitrogens with one attached hydrogen (secondary N) is 1. The van der Waals surface area contributed by atoms with E-state index in [2.05, 4.69) is 15.5 Å². The van der Waals surface area contributed by atoms with Gasteiger partial charge < -0.3 is 14.6 Å². The molecule has 12 heteroatoms. The number of rotatable bonds is 8. The summed E-state index contributed by atoms with van der Waals surface area (Å²) in [6.07, 6.45) is 0. The minimum atomic E-state index is -0.603. The van der Waals surface area contributed by atoms with Gasteiger partial charge in [0.25, 0.3) is 0 Å². The molecule has 1 amide bonds. The maximum absolute atomic E-state index is 13.3. The lowest BCUT2D eigenvalue weighted by atomic mass is 10.0. The summed E-state index contributed by atoms with van der Waals surface area (Å²) in [5, 5.41) is 14.8. The zero-order valence-electron chi connectivity index (χ0n) is 19.0. The van der Waals surface area contributed by atoms with Crippen LogP contribution in [0.15, 0.2) is 53.0 Å². The third kappa shape index (κ3) is 5.57. The zero-order valence-corrected chi connectivity index (χ0v) is 22.2. The van der Waals surface area contributed by atoms with Gasteiger partial charge in [-0.15, -0.1) is 21.5 Å². The minimum absolute atomic E-state index is 0.0247. The molecular weight excluding hydrogens is 546 g/mol. The number of esters is 1. The van der Waals surface area contributed by atoms with Gasteiger partial charge in [-0.05, 0) is 42.8 Å². The SMILES string of the molecule is CCn1c(SCC(=O)Nc2scc(-c3ccc(F)cc3)c2C(=O)OC)nnc1-c1ccc(Cl)cc1Cl. The molecule has 186 valence electrons. The lowest BCUT2D eigenvalue weighted by Gasteiger charge is -2.09. The number of carbonyl (C=O) groups is 2. The Kier molecular flexibility index (Phi) is 8.30. The fraction of sp³-hybridized carbons (Fsp3) is 0.167. The average molecular weight is 565 g/mol. The molecule has 2 heterocycles. The highest BCUT2D eigenvalue weighted by Gasteiger charge is 2.23. The van der Waals surface area contributed by atoms with Crippen molar-refractivity contribution in [3.63, 3.8) is 0 Å². The van der Waals surface area contributed by atoms with Crippen molar-refractivity contribution >= 4 is 63.2 Å². The molecule has 0 aliphatic heterocycles. The van der Waals surface area contributed by atoms with Gasteiger partial charge in [-0.3, -0.25) is 4.79 Å². The van der Waals surface area contributed by atoms with Crippen molar-refractivity contribution in [1.29, 1.82) is 0 Å². The predicted octanol–water partition coefficient (Wildman–Crippen LogP) is 6.66. The van der Waals surface area contributed by atoms with E-state index in [-0.39, 0.29) is 23.0 Å². The molecule has 7 nitrogen and oxygen atoms in total. The first kappa shape index (κ1) is 26.2. The van der Waals surface area contributed by atoms with Crippen molar-refractivity contribution in [1.82, 2.24) is 14.8 Å². The maximum Gasteiger partial charge on any atom is 0.341 e. The highest BCUT2D eigenvalue weighted by molar-refractivity contribution is 7.99. The van der Waals surface area contributed by atoms with Crippen molar-refractivity contribution in [2.24, 2.45) is 0 Å². The highest BCUT2D eigenvalue weighted by Crippen LogP contribution is 2.37. The van der Waals surface area contributed by atoms with Crippen LogP contribution in [0.1, 0.15) is 17.3 Å². The number of thioether (sulfide) groups is 1. The molecule has 0 radical (unpaired) electrons. The lowest BCUT2D eigenvalue weighted by molar-refractivity contribution is -0.113. The van der Waals surface area contributed by atoms with Crippen LogP contribution in [0.3, 0.4) is 0 Å². The standard InChI is InChI=1S/C24H19Cl2FN4O3S2/c1-3-31-21(16-9-6-14(25)10-18(16)26)29-30-24(31)36-12-19(32)28-22-20(23(33)34-2)17(11-35-22)13-4-7-15(27)8-5-13/h4-11H,3,12H2,1-2H3,(H,28,32). The smallest absolute Gasteiger partial charge is 0.341 e. The number of nitrogens with zero attached hydrogens (tertiary/aromatic N) is 3. The van der Waals surface area contributed by atoms with Gasteiger partial charge >= 0.3 is 5.97 Å². The van der Waals surface area contributed by atoms with Gasteiger partial charge in [0.05, 0.1) is 17.9 Å². The molecule has 36 heavy (non-hydrogen) atoms. The highest BCUT2D eigenvalue weighted by atomic mass is 35.5. The predicted molar refractivity (Wildman–Crippen MR) is 142 cm³/mol. The van der Waals surface area contributed by atoms with Crippen LogP contribution in [-0.2, 0) is 16.1 Å². The Labute approximate surface area is 224 Å². The van der Waals surface area contributed by atoms with E-state index >= 15 is 0 Å². The number of hydrogen-bond donors (Lipinski definition) is 1. The van der Waals surface area contributed by atoms with E-state index in [1.165, 1.54) is 42.3 Å². The molecule has 0 unspecified atom stereocenters. The average Bonchev–Trinajstić information content (AvgIpc) is 3.46. The van der Waals surface area contributed by atoms with E-state index in [0.717, 1.165) is 0 Å². The second-order valence-electron chi connectivity index (χ2n) is 7.36. The molecule has 0 saturated heterocycles. The van der Waals surface area contributed by atoms with Gasteiger partial charge in [-0.2, -0.15) is 0 Å². The molecule has 4 aromatic rings. The van der Waals surface area contributed by atoms with E-state index in [1.54, 1.807) is 35.7 Å². The molecule has 0 aliphatic rings. The van der Waals surface area contributed by atoms with Crippen LogP contribution in [0.2, 0.25) is 10.0 Å². The van der Waals surface area contributed by atoms with E-state index in [0.29, 0.717) is 49.3 Å². The molecular formula is C24H19Cl2FN4O3S2. The van der Waals surface area contributed by atoms with Gasteiger partial charge in [0, 0.05) is 28.1 Å². The number of halogens is 3. The largest absolute Gasteiger partial charge is 0.465 e. The van der Waals surface area contributed by atoms with Crippen LogP contribution in [-0.4, -0.2) is 39.5 Å². The Hall–Kier alpha value is -2.92. The van der Waals surface area contributed by atoms with Crippen LogP contribution in [0.4, 0.5) is 9.39 Å². The molecule has 0 atom stereocenters. The number of anilines is 1. The van der Waals surface area contributed by atoms with Crippen molar-refractivity contribution < 1.29 is 18.7 Å². The number of amides is 1. The van der Waals surface area contributed by atoms with Crippen molar-refractivity contribution in [3.8, 4) is 22.5 Å². The first-order valence-corrected chi connectivity index (χ1v) is 13.2. The monoisotopic (exact) mass is 564 g/mol. The van der Waals surface area contributed by atoms with Crippen LogP contribution >= 0.6 is 46.3 Å². The van der Waals surface area contributed by atoms with Crippen LogP contribution in [0.5, 0.6) is 0 Å². The molecule has 2 aromatic heterocycles. The maximum atomic E-state index is 13.3. The van der Waals surface area contributed by atoms with Crippen molar-refractivity contribution in [2.75, 3.05) is 18.2 Å². The molecule has 0 aliphatic carbocycles. The third-order valence-electron chi connectivity index (χ3n) is 5.13. The molecule has 4 rings (SSSR count). The molecule has 0 saturated carbocycles. The van der Waals surface area contributed by atoms with Gasteiger partial charge in [-0.1, -0.05) is 47.1 Å². The zero-order chi connectivity index (χ0) is 25.8. The summed E-state index contributed by atoms with van der Waals surface area (Å²) < 4.78 is 20.1.